The van der Waals surface area contributed by atoms with Crippen LogP contribution in [0.2, 0.25) is 0 Å². The number of rotatable bonds is 9. The number of aromatic nitrogens is 2. The van der Waals surface area contributed by atoms with E-state index < -0.39 is 6.55 Å². The Morgan fingerprint density at radius 2 is 2.12 bits per heavy atom. The van der Waals surface area contributed by atoms with Crippen LogP contribution in [0.1, 0.15) is 19.3 Å². The summed E-state index contributed by atoms with van der Waals surface area (Å²) in [6.07, 6.45) is 2.81. The summed E-state index contributed by atoms with van der Waals surface area (Å²) in [5.74, 6) is 1.16. The number of nitrogens with one attached hydrogen (secondary N) is 1. The molecule has 5 nitrogen and oxygen atoms in total. The van der Waals surface area contributed by atoms with Crippen molar-refractivity contribution in [2.24, 2.45) is 0 Å². The third-order valence-corrected chi connectivity index (χ3v) is 4.15. The van der Waals surface area contributed by atoms with Gasteiger partial charge >= 0.3 is 6.55 Å². The first-order valence-corrected chi connectivity index (χ1v) is 8.51. The van der Waals surface area contributed by atoms with Crippen molar-refractivity contribution >= 4 is 17.7 Å². The predicted molar refractivity (Wildman–Crippen MR) is 88.5 cm³/mol. The van der Waals surface area contributed by atoms with Gasteiger partial charge in [-0.25, -0.2) is 4.98 Å². The number of halogens is 2. The second-order valence-electron chi connectivity index (χ2n) is 4.82. The van der Waals surface area contributed by atoms with E-state index in [0.717, 1.165) is 15.2 Å². The van der Waals surface area contributed by atoms with Crippen LogP contribution in [0.15, 0.2) is 41.6 Å². The summed E-state index contributed by atoms with van der Waals surface area (Å²) in [7, 11) is 0. The van der Waals surface area contributed by atoms with Gasteiger partial charge in [0.1, 0.15) is 11.6 Å². The Balaban J connectivity index is 1.70. The molecule has 2 aromatic rings. The maximum atomic E-state index is 12.7. The zero-order valence-corrected chi connectivity index (χ0v) is 14.1. The predicted octanol–water partition coefficient (Wildman–Crippen LogP) is 3.13. The van der Waals surface area contributed by atoms with E-state index in [1.807, 2.05) is 31.2 Å². The first-order valence-electron chi connectivity index (χ1n) is 7.52. The zero-order valence-electron chi connectivity index (χ0n) is 13.2. The monoisotopic (exact) mass is 355 g/mol. The number of nitrogens with zero attached hydrogens (tertiary/aromatic N) is 2. The Kier molecular flexibility index (Phi) is 7.05. The van der Waals surface area contributed by atoms with Gasteiger partial charge in [0.05, 0.1) is 12.4 Å². The van der Waals surface area contributed by atoms with Crippen LogP contribution < -0.4 is 10.1 Å². The number of amides is 1. The Bertz CT molecular complexity index is 647. The number of ether oxygens (including phenoxy) is 1. The summed E-state index contributed by atoms with van der Waals surface area (Å²) >= 11 is 1.40. The number of alkyl halides is 2. The molecule has 0 aliphatic heterocycles. The molecular weight excluding hydrogens is 336 g/mol. The van der Waals surface area contributed by atoms with Crippen LogP contribution in [0.5, 0.6) is 5.75 Å². The van der Waals surface area contributed by atoms with Crippen molar-refractivity contribution < 1.29 is 18.3 Å². The van der Waals surface area contributed by atoms with Gasteiger partial charge in [0.2, 0.25) is 5.91 Å². The van der Waals surface area contributed by atoms with Crippen molar-refractivity contribution in [3.8, 4) is 5.75 Å². The smallest absolute Gasteiger partial charge is 0.319 e. The highest BCUT2D eigenvalue weighted by Crippen LogP contribution is 2.21. The van der Waals surface area contributed by atoms with Gasteiger partial charge in [0.15, 0.2) is 0 Å². The molecular formula is C16H19F2N3O2S. The van der Waals surface area contributed by atoms with Crippen LogP contribution in [-0.4, -0.2) is 34.4 Å². The van der Waals surface area contributed by atoms with Gasteiger partial charge in [0.25, 0.3) is 0 Å². The highest BCUT2D eigenvalue weighted by atomic mass is 32.2. The number of benzene rings is 1. The molecule has 24 heavy (non-hydrogen) atoms. The molecule has 1 aromatic carbocycles. The maximum absolute atomic E-state index is 12.7. The SMILES string of the molecule is CCOc1ccc(SCC(=O)NCCc2nccn2C(F)F)cc1. The third kappa shape index (κ3) is 5.52. The molecule has 0 atom stereocenters. The van der Waals surface area contributed by atoms with Gasteiger partial charge in [0, 0.05) is 30.3 Å². The van der Waals surface area contributed by atoms with Crippen molar-refractivity contribution in [1.82, 2.24) is 14.9 Å². The highest BCUT2D eigenvalue weighted by molar-refractivity contribution is 8.00. The van der Waals surface area contributed by atoms with Crippen molar-refractivity contribution in [2.75, 3.05) is 18.9 Å². The fourth-order valence-electron chi connectivity index (χ4n) is 2.03. The summed E-state index contributed by atoms with van der Waals surface area (Å²) in [4.78, 5) is 16.6. The Hall–Kier alpha value is -2.09. The average molecular weight is 355 g/mol. The standard InChI is InChI=1S/C16H19F2N3O2S/c1-2-23-12-3-5-13(6-4-12)24-11-15(22)20-8-7-14-19-9-10-21(14)16(17)18/h3-6,9-10,16H,2,7-8,11H2,1H3,(H,20,22). The van der Waals surface area contributed by atoms with E-state index in [9.17, 15) is 13.6 Å². The second kappa shape index (κ2) is 9.27. The number of hydrogen-bond acceptors (Lipinski definition) is 4. The van der Waals surface area contributed by atoms with Crippen LogP contribution in [0.3, 0.4) is 0 Å². The lowest BCUT2D eigenvalue weighted by atomic mass is 10.3. The Morgan fingerprint density at radius 3 is 2.79 bits per heavy atom. The van der Waals surface area contributed by atoms with Crippen LogP contribution in [0.4, 0.5) is 8.78 Å². The van der Waals surface area contributed by atoms with Crippen molar-refractivity contribution in [3.05, 3.63) is 42.5 Å². The molecule has 0 aliphatic rings. The quantitative estimate of drug-likeness (QED) is 0.702. The second-order valence-corrected chi connectivity index (χ2v) is 5.87. The van der Waals surface area contributed by atoms with E-state index in [4.69, 9.17) is 4.74 Å². The molecule has 0 radical (unpaired) electrons. The maximum Gasteiger partial charge on any atom is 0.319 e. The molecule has 130 valence electrons. The van der Waals surface area contributed by atoms with Gasteiger partial charge < -0.3 is 10.1 Å². The minimum atomic E-state index is -2.62. The number of carbonyl (C=O) groups excluding carboxylic acids is 1. The molecule has 0 bridgehead atoms. The largest absolute Gasteiger partial charge is 0.494 e. The molecule has 1 amide bonds. The van der Waals surface area contributed by atoms with Crippen molar-refractivity contribution in [2.45, 2.75) is 24.8 Å². The number of carbonyl (C=O) groups is 1. The summed E-state index contributed by atoms with van der Waals surface area (Å²) in [6.45, 7) is 0.180. The minimum Gasteiger partial charge on any atom is -0.494 e. The molecule has 0 saturated heterocycles. The number of imidazole rings is 1. The summed E-state index contributed by atoms with van der Waals surface area (Å²) in [5.41, 5.74) is 0. The zero-order chi connectivity index (χ0) is 17.4. The van der Waals surface area contributed by atoms with E-state index in [-0.39, 0.29) is 30.5 Å². The fourth-order valence-corrected chi connectivity index (χ4v) is 2.76. The minimum absolute atomic E-state index is 0.149. The average Bonchev–Trinajstić information content (AvgIpc) is 3.03. The third-order valence-electron chi connectivity index (χ3n) is 3.13. The lowest BCUT2D eigenvalue weighted by molar-refractivity contribution is -0.118. The van der Waals surface area contributed by atoms with Gasteiger partial charge in [-0.15, -0.1) is 11.8 Å². The molecule has 8 heteroatoms. The van der Waals surface area contributed by atoms with E-state index >= 15 is 0 Å². The molecule has 2 rings (SSSR count). The molecule has 0 unspecified atom stereocenters. The van der Waals surface area contributed by atoms with E-state index in [1.165, 1.54) is 24.2 Å². The summed E-state index contributed by atoms with van der Waals surface area (Å²) < 4.78 is 31.5. The van der Waals surface area contributed by atoms with Crippen LogP contribution in [0.25, 0.3) is 0 Å². The molecule has 0 aliphatic carbocycles. The number of thioether (sulfide) groups is 1. The Labute approximate surface area is 143 Å². The van der Waals surface area contributed by atoms with Gasteiger partial charge in [-0.05, 0) is 31.2 Å². The molecule has 0 saturated carbocycles. The van der Waals surface area contributed by atoms with Crippen molar-refractivity contribution in [1.29, 1.82) is 0 Å². The fraction of sp³-hybridized carbons (Fsp3) is 0.375. The molecule has 1 N–H and O–H groups in total. The number of hydrogen-bond donors (Lipinski definition) is 1. The molecule has 0 spiro atoms. The van der Waals surface area contributed by atoms with Crippen LogP contribution in [-0.2, 0) is 11.2 Å². The van der Waals surface area contributed by atoms with E-state index in [1.54, 1.807) is 0 Å². The van der Waals surface area contributed by atoms with E-state index in [0.29, 0.717) is 6.61 Å². The Morgan fingerprint density at radius 1 is 1.38 bits per heavy atom. The summed E-state index contributed by atoms with van der Waals surface area (Å²) in [5, 5.41) is 2.71. The van der Waals surface area contributed by atoms with Crippen molar-refractivity contribution in [3.63, 3.8) is 0 Å². The lowest BCUT2D eigenvalue weighted by Crippen LogP contribution is -2.28. The summed E-state index contributed by atoms with van der Waals surface area (Å²) in [6, 6.07) is 7.49. The first-order chi connectivity index (χ1) is 11.6. The van der Waals surface area contributed by atoms with Crippen LogP contribution in [0, 0.1) is 0 Å². The molecule has 0 fully saturated rings. The normalized spacial score (nSPS) is 10.8. The van der Waals surface area contributed by atoms with Gasteiger partial charge in [-0.3, -0.25) is 9.36 Å². The molecule has 1 heterocycles. The first kappa shape index (κ1) is 18.3. The topological polar surface area (TPSA) is 56.1 Å². The van der Waals surface area contributed by atoms with Crippen LogP contribution >= 0.6 is 11.8 Å². The van der Waals surface area contributed by atoms with Gasteiger partial charge in [-0.1, -0.05) is 0 Å². The van der Waals surface area contributed by atoms with Gasteiger partial charge in [-0.2, -0.15) is 8.78 Å². The van der Waals surface area contributed by atoms with E-state index in [2.05, 4.69) is 10.3 Å². The molecule has 1 aromatic heterocycles. The lowest BCUT2D eigenvalue weighted by Gasteiger charge is -2.08. The highest BCUT2D eigenvalue weighted by Gasteiger charge is 2.11.